The van der Waals surface area contributed by atoms with Crippen molar-refractivity contribution in [2.24, 2.45) is 0 Å². The maximum absolute atomic E-state index is 5.22. The van der Waals surface area contributed by atoms with Crippen molar-refractivity contribution >= 4 is 0 Å². The summed E-state index contributed by atoms with van der Waals surface area (Å²) in [6.07, 6.45) is 7.73. The molecule has 0 N–H and O–H groups in total. The maximum Gasteiger partial charge on any atom is 0.0462 e. The summed E-state index contributed by atoms with van der Waals surface area (Å²) in [7, 11) is 1.74. The molecule has 0 heterocycles. The van der Waals surface area contributed by atoms with Gasteiger partial charge >= 0.3 is 0 Å². The second-order valence-corrected chi connectivity index (χ2v) is 2.43. The number of unbranched alkanes of at least 4 members (excludes halogenated alkanes) is 4. The summed E-state index contributed by atoms with van der Waals surface area (Å²) >= 11 is 0. The van der Waals surface area contributed by atoms with Crippen LogP contribution in [0, 0.1) is 6.58 Å². The van der Waals surface area contributed by atoms with Gasteiger partial charge in [-0.1, -0.05) is 25.5 Å². The van der Waals surface area contributed by atoms with Crippen LogP contribution >= 0.6 is 0 Å². The van der Waals surface area contributed by atoms with Crippen LogP contribution in [0.15, 0.2) is 6.08 Å². The molecule has 10 heavy (non-hydrogen) atoms. The lowest BCUT2D eigenvalue weighted by Crippen LogP contribution is -1.87. The molecule has 0 bridgehead atoms. The summed E-state index contributed by atoms with van der Waals surface area (Å²) in [5.74, 6) is 0. The van der Waals surface area contributed by atoms with Gasteiger partial charge in [-0.05, 0) is 19.3 Å². The van der Waals surface area contributed by atoms with Crippen molar-refractivity contribution in [2.45, 2.75) is 32.1 Å². The van der Waals surface area contributed by atoms with Crippen LogP contribution in [0.5, 0.6) is 0 Å². The molecule has 1 heteroatoms. The second-order valence-electron chi connectivity index (χ2n) is 2.43. The molecule has 0 amide bonds. The van der Waals surface area contributed by atoms with E-state index in [1.54, 1.807) is 13.2 Å². The zero-order chi connectivity index (χ0) is 7.66. The predicted molar refractivity (Wildman–Crippen MR) is 43.8 cm³/mol. The van der Waals surface area contributed by atoms with Gasteiger partial charge in [-0.3, -0.25) is 0 Å². The zero-order valence-corrected chi connectivity index (χ0v) is 6.81. The maximum atomic E-state index is 5.22. The Kier molecular flexibility index (Phi) is 8.44. The minimum absolute atomic E-state index is 0.895. The normalized spacial score (nSPS) is 9.70. The first-order chi connectivity index (χ1) is 4.91. The molecule has 59 valence electrons. The molecule has 0 aliphatic carbocycles. The van der Waals surface area contributed by atoms with Gasteiger partial charge in [0.25, 0.3) is 0 Å². The summed E-state index contributed by atoms with van der Waals surface area (Å²) in [4.78, 5) is 0. The van der Waals surface area contributed by atoms with Gasteiger partial charge in [0.05, 0.1) is 0 Å². The van der Waals surface area contributed by atoms with E-state index < -0.39 is 0 Å². The zero-order valence-electron chi connectivity index (χ0n) is 6.81. The smallest absolute Gasteiger partial charge is 0.0462 e. The van der Waals surface area contributed by atoms with Crippen LogP contribution in [-0.2, 0) is 4.74 Å². The van der Waals surface area contributed by atoms with E-state index in [1.165, 1.54) is 25.7 Å². The van der Waals surface area contributed by atoms with Crippen molar-refractivity contribution in [1.29, 1.82) is 0 Å². The van der Waals surface area contributed by atoms with Crippen LogP contribution in [-0.4, -0.2) is 13.7 Å². The number of methoxy groups -OCH3 is 1. The SMILES string of the molecule is [CH]=CCCCCCCOC. The van der Waals surface area contributed by atoms with E-state index in [1.807, 2.05) is 0 Å². The fourth-order valence-electron chi connectivity index (χ4n) is 0.862. The fourth-order valence-corrected chi connectivity index (χ4v) is 0.862. The van der Waals surface area contributed by atoms with Gasteiger partial charge in [0.15, 0.2) is 0 Å². The van der Waals surface area contributed by atoms with E-state index in [4.69, 9.17) is 11.3 Å². The highest BCUT2D eigenvalue weighted by Gasteiger charge is 1.86. The molecule has 0 fully saturated rings. The molecule has 1 radical (unpaired) electrons. The van der Waals surface area contributed by atoms with Gasteiger partial charge in [-0.2, -0.15) is 0 Å². The molecule has 0 spiro atoms. The van der Waals surface area contributed by atoms with E-state index in [-0.39, 0.29) is 0 Å². The Morgan fingerprint density at radius 1 is 1.20 bits per heavy atom. The van der Waals surface area contributed by atoms with Crippen molar-refractivity contribution in [3.8, 4) is 0 Å². The topological polar surface area (TPSA) is 9.23 Å². The molecular formula is C9H17O. The predicted octanol–water partition coefficient (Wildman–Crippen LogP) is 2.57. The largest absolute Gasteiger partial charge is 0.385 e. The first-order valence-corrected chi connectivity index (χ1v) is 3.94. The average molecular weight is 141 g/mol. The van der Waals surface area contributed by atoms with Gasteiger partial charge in [0, 0.05) is 13.7 Å². The standard InChI is InChI=1S/C9H17O/c1-3-4-5-6-7-8-9-10-2/h1,3H,4-9H2,2H3. The van der Waals surface area contributed by atoms with Crippen molar-refractivity contribution in [3.05, 3.63) is 12.7 Å². The number of rotatable bonds is 7. The lowest BCUT2D eigenvalue weighted by Gasteiger charge is -1.97. The van der Waals surface area contributed by atoms with E-state index in [0.717, 1.165) is 13.0 Å². The summed E-state index contributed by atoms with van der Waals surface area (Å²) < 4.78 is 4.92. The monoisotopic (exact) mass is 141 g/mol. The molecule has 0 unspecified atom stereocenters. The van der Waals surface area contributed by atoms with Crippen LogP contribution in [0.25, 0.3) is 0 Å². The number of ether oxygens (including phenoxy) is 1. The fraction of sp³-hybridized carbons (Fsp3) is 0.778. The first kappa shape index (κ1) is 9.70. The molecule has 0 aromatic carbocycles. The minimum Gasteiger partial charge on any atom is -0.385 e. The highest BCUT2D eigenvalue weighted by molar-refractivity contribution is 4.61. The second kappa shape index (κ2) is 8.70. The minimum atomic E-state index is 0.895. The molecular weight excluding hydrogens is 124 g/mol. The molecule has 0 atom stereocenters. The van der Waals surface area contributed by atoms with Crippen LogP contribution in [0.2, 0.25) is 0 Å². The summed E-state index contributed by atoms with van der Waals surface area (Å²) in [6, 6.07) is 0. The van der Waals surface area contributed by atoms with Gasteiger partial charge in [0.2, 0.25) is 0 Å². The van der Waals surface area contributed by atoms with Crippen molar-refractivity contribution in [1.82, 2.24) is 0 Å². The van der Waals surface area contributed by atoms with Crippen molar-refractivity contribution < 1.29 is 4.74 Å². The summed E-state index contributed by atoms with van der Waals surface area (Å²) in [6.45, 7) is 6.11. The molecule has 0 rings (SSSR count). The Labute approximate surface area is 64.1 Å². The Balaban J connectivity index is 2.70. The van der Waals surface area contributed by atoms with Gasteiger partial charge in [-0.25, -0.2) is 0 Å². The molecule has 0 aromatic rings. The molecule has 0 saturated carbocycles. The third kappa shape index (κ3) is 7.70. The molecule has 0 saturated heterocycles. The van der Waals surface area contributed by atoms with Crippen LogP contribution in [0.3, 0.4) is 0 Å². The highest BCUT2D eigenvalue weighted by atomic mass is 16.5. The highest BCUT2D eigenvalue weighted by Crippen LogP contribution is 2.02. The third-order valence-corrected chi connectivity index (χ3v) is 1.47. The van der Waals surface area contributed by atoms with Crippen molar-refractivity contribution in [3.63, 3.8) is 0 Å². The van der Waals surface area contributed by atoms with E-state index in [0.29, 0.717) is 0 Å². The van der Waals surface area contributed by atoms with Crippen LogP contribution < -0.4 is 0 Å². The van der Waals surface area contributed by atoms with Crippen LogP contribution in [0.4, 0.5) is 0 Å². The van der Waals surface area contributed by atoms with Gasteiger partial charge in [0.1, 0.15) is 0 Å². The Morgan fingerprint density at radius 3 is 2.50 bits per heavy atom. The lowest BCUT2D eigenvalue weighted by molar-refractivity contribution is 0.192. The number of hydrogen-bond donors (Lipinski definition) is 0. The quantitative estimate of drug-likeness (QED) is 0.495. The third-order valence-electron chi connectivity index (χ3n) is 1.47. The van der Waals surface area contributed by atoms with Crippen LogP contribution in [0.1, 0.15) is 32.1 Å². The molecule has 0 aliphatic rings. The number of hydrogen-bond acceptors (Lipinski definition) is 1. The van der Waals surface area contributed by atoms with E-state index >= 15 is 0 Å². The molecule has 1 nitrogen and oxygen atoms in total. The summed E-state index contributed by atoms with van der Waals surface area (Å²) in [5, 5.41) is 0. The Morgan fingerprint density at radius 2 is 1.90 bits per heavy atom. The van der Waals surface area contributed by atoms with Gasteiger partial charge < -0.3 is 4.74 Å². The van der Waals surface area contributed by atoms with E-state index in [2.05, 4.69) is 0 Å². The number of allylic oxidation sites excluding steroid dienone is 1. The van der Waals surface area contributed by atoms with Gasteiger partial charge in [-0.15, -0.1) is 0 Å². The average Bonchev–Trinajstić information content (AvgIpc) is 1.97. The molecule has 0 aliphatic heterocycles. The van der Waals surface area contributed by atoms with Crippen molar-refractivity contribution in [2.75, 3.05) is 13.7 Å². The Bertz CT molecular complexity index is 69.1. The molecule has 0 aromatic heterocycles. The lowest BCUT2D eigenvalue weighted by atomic mass is 10.1. The Hall–Kier alpha value is -0.300. The summed E-state index contributed by atoms with van der Waals surface area (Å²) in [5.41, 5.74) is 0. The first-order valence-electron chi connectivity index (χ1n) is 3.94. The van der Waals surface area contributed by atoms with E-state index in [9.17, 15) is 0 Å².